The van der Waals surface area contributed by atoms with Gasteiger partial charge in [-0.25, -0.2) is 0 Å². The van der Waals surface area contributed by atoms with Gasteiger partial charge in [0.05, 0.1) is 11.4 Å². The molecule has 0 atom stereocenters. The molecule has 0 amide bonds. The van der Waals surface area contributed by atoms with Crippen molar-refractivity contribution in [3.8, 4) is 33.4 Å². The van der Waals surface area contributed by atoms with E-state index in [4.69, 9.17) is 8.83 Å². The van der Waals surface area contributed by atoms with Crippen molar-refractivity contribution < 1.29 is 8.83 Å². The van der Waals surface area contributed by atoms with Gasteiger partial charge in [0.25, 0.3) is 0 Å². The van der Waals surface area contributed by atoms with Crippen molar-refractivity contribution >= 4 is 71.7 Å². The van der Waals surface area contributed by atoms with Crippen LogP contribution < -0.4 is 4.90 Å². The van der Waals surface area contributed by atoms with E-state index in [0.717, 1.165) is 83.2 Å². The Morgan fingerprint density at radius 2 is 0.800 bits per heavy atom. The minimum Gasteiger partial charge on any atom is -0.456 e. The minimum absolute atomic E-state index is 0.848. The van der Waals surface area contributed by atoms with Crippen molar-refractivity contribution in [2.75, 3.05) is 4.90 Å². The number of fused-ring (bicyclic) bond motifs is 7. The van der Waals surface area contributed by atoms with E-state index >= 15 is 0 Å². The van der Waals surface area contributed by atoms with Crippen molar-refractivity contribution in [3.63, 3.8) is 0 Å². The number of nitrogens with zero attached hydrogens (tertiary/aromatic N) is 1. The molecule has 0 bridgehead atoms. The molecule has 3 nitrogen and oxygen atoms in total. The molecule has 3 heteroatoms. The van der Waals surface area contributed by atoms with Gasteiger partial charge in [0.2, 0.25) is 0 Å². The van der Waals surface area contributed by atoms with Crippen LogP contribution in [0.2, 0.25) is 0 Å². The first-order valence-electron chi connectivity index (χ1n) is 18.7. The van der Waals surface area contributed by atoms with Crippen molar-refractivity contribution in [1.29, 1.82) is 0 Å². The lowest BCUT2D eigenvalue weighted by Gasteiger charge is -2.30. The molecule has 9 aromatic carbocycles. The normalized spacial score (nSPS) is 11.6. The molecule has 0 aliphatic carbocycles. The third-order valence-corrected chi connectivity index (χ3v) is 10.9. The number of furan rings is 2. The quantitative estimate of drug-likeness (QED) is 0.173. The summed E-state index contributed by atoms with van der Waals surface area (Å²) in [4.78, 5) is 2.40. The van der Waals surface area contributed by atoms with Gasteiger partial charge in [-0.2, -0.15) is 0 Å². The molecule has 11 rings (SSSR count). The molecule has 2 aromatic heterocycles. The maximum Gasteiger partial charge on any atom is 0.137 e. The van der Waals surface area contributed by atoms with Gasteiger partial charge in [-0.1, -0.05) is 146 Å². The fourth-order valence-corrected chi connectivity index (χ4v) is 8.38. The monoisotopic (exact) mass is 703 g/mol. The molecule has 0 aliphatic rings. The van der Waals surface area contributed by atoms with E-state index in [-0.39, 0.29) is 0 Å². The summed E-state index contributed by atoms with van der Waals surface area (Å²) in [7, 11) is 0. The van der Waals surface area contributed by atoms with Crippen molar-refractivity contribution in [2.45, 2.75) is 0 Å². The largest absolute Gasteiger partial charge is 0.456 e. The van der Waals surface area contributed by atoms with Crippen LogP contribution in [0.4, 0.5) is 17.1 Å². The fourth-order valence-electron chi connectivity index (χ4n) is 8.38. The van der Waals surface area contributed by atoms with E-state index in [1.807, 2.05) is 24.3 Å². The number of hydrogen-bond donors (Lipinski definition) is 0. The highest BCUT2D eigenvalue weighted by molar-refractivity contribution is 6.09. The average Bonchev–Trinajstić information content (AvgIpc) is 3.82. The van der Waals surface area contributed by atoms with E-state index in [2.05, 4.69) is 181 Å². The first-order valence-corrected chi connectivity index (χ1v) is 18.7. The highest BCUT2D eigenvalue weighted by Gasteiger charge is 2.23. The average molecular weight is 704 g/mol. The van der Waals surface area contributed by atoms with Crippen LogP contribution in [-0.4, -0.2) is 0 Å². The summed E-state index contributed by atoms with van der Waals surface area (Å²) in [6, 6.07) is 71.1. The second kappa shape index (κ2) is 12.6. The van der Waals surface area contributed by atoms with E-state index < -0.39 is 0 Å². The molecule has 0 aliphatic heterocycles. The van der Waals surface area contributed by atoms with E-state index in [9.17, 15) is 0 Å². The Morgan fingerprint density at radius 3 is 1.58 bits per heavy atom. The zero-order valence-corrected chi connectivity index (χ0v) is 29.8. The Hall–Kier alpha value is -7.36. The lowest BCUT2D eigenvalue weighted by molar-refractivity contribution is 0.668. The molecule has 258 valence electrons. The lowest BCUT2D eigenvalue weighted by atomic mass is 9.90. The Balaban J connectivity index is 1.17. The van der Waals surface area contributed by atoms with Crippen LogP contribution in [0.3, 0.4) is 0 Å². The molecular weight excluding hydrogens is 671 g/mol. The molecule has 0 fully saturated rings. The van der Waals surface area contributed by atoms with Crippen LogP contribution in [0.1, 0.15) is 0 Å². The Bertz CT molecular complexity index is 3230. The molecule has 2 heterocycles. The number of para-hydroxylation sites is 4. The standard InChI is InChI=1S/C52H33NO2/c1-2-16-37-34(14-1)15-13-23-39(37)40-18-3-4-19-41(40)42-20-6-10-25-48(42)53(36-29-30-45-43-21-7-11-26-49(43)55-52(45)33-36)47-24-9-5-17-38(47)35-28-31-51-46(32-35)44-22-8-12-27-50(44)54-51/h1-33H. The summed E-state index contributed by atoms with van der Waals surface area (Å²) in [6.07, 6.45) is 0. The van der Waals surface area contributed by atoms with Crippen molar-refractivity contribution in [3.05, 3.63) is 200 Å². The summed E-state index contributed by atoms with van der Waals surface area (Å²) in [5.41, 5.74) is 13.5. The van der Waals surface area contributed by atoms with E-state index in [1.54, 1.807) is 0 Å². The minimum atomic E-state index is 0.848. The van der Waals surface area contributed by atoms with Crippen molar-refractivity contribution in [2.24, 2.45) is 0 Å². The highest BCUT2D eigenvalue weighted by atomic mass is 16.3. The molecule has 11 aromatic rings. The Kier molecular flexibility index (Phi) is 7.17. The summed E-state index contributed by atoms with van der Waals surface area (Å²) < 4.78 is 12.7. The topological polar surface area (TPSA) is 29.5 Å². The van der Waals surface area contributed by atoms with E-state index in [1.165, 1.54) is 21.9 Å². The van der Waals surface area contributed by atoms with Crippen LogP contribution >= 0.6 is 0 Å². The number of benzene rings is 9. The molecule has 0 spiro atoms. The lowest BCUT2D eigenvalue weighted by Crippen LogP contribution is -2.12. The molecule has 0 N–H and O–H groups in total. The smallest absolute Gasteiger partial charge is 0.137 e. The van der Waals surface area contributed by atoms with Gasteiger partial charge in [0.1, 0.15) is 22.3 Å². The SMILES string of the molecule is c1ccc(-c2cccc3ccccc23)c(-c2ccccc2N(c2ccc3c(c2)oc2ccccc23)c2ccccc2-c2ccc3oc4ccccc4c3c2)c1. The molecule has 55 heavy (non-hydrogen) atoms. The summed E-state index contributed by atoms with van der Waals surface area (Å²) in [5.74, 6) is 0. The highest BCUT2D eigenvalue weighted by Crippen LogP contribution is 2.48. The predicted octanol–water partition coefficient (Wildman–Crippen LogP) is 15.1. The Labute approximate surface area is 317 Å². The first kappa shape index (κ1) is 31.2. The van der Waals surface area contributed by atoms with Gasteiger partial charge in [0.15, 0.2) is 0 Å². The van der Waals surface area contributed by atoms with Crippen LogP contribution in [0.25, 0.3) is 88.0 Å². The third kappa shape index (κ3) is 5.13. The number of hydrogen-bond acceptors (Lipinski definition) is 3. The Morgan fingerprint density at radius 1 is 0.291 bits per heavy atom. The molecule has 0 saturated heterocycles. The van der Waals surface area contributed by atoms with Crippen LogP contribution in [-0.2, 0) is 0 Å². The summed E-state index contributed by atoms with van der Waals surface area (Å²) in [6.45, 7) is 0. The molecule has 0 unspecified atom stereocenters. The molecular formula is C52H33NO2. The van der Waals surface area contributed by atoms with Crippen LogP contribution in [0.5, 0.6) is 0 Å². The second-order valence-corrected chi connectivity index (χ2v) is 14.0. The third-order valence-electron chi connectivity index (χ3n) is 10.9. The van der Waals surface area contributed by atoms with Gasteiger partial charge in [-0.15, -0.1) is 0 Å². The van der Waals surface area contributed by atoms with Gasteiger partial charge in [-0.05, 0) is 81.6 Å². The van der Waals surface area contributed by atoms with Crippen LogP contribution in [0.15, 0.2) is 209 Å². The summed E-state index contributed by atoms with van der Waals surface area (Å²) >= 11 is 0. The second-order valence-electron chi connectivity index (χ2n) is 14.0. The maximum atomic E-state index is 6.51. The predicted molar refractivity (Wildman–Crippen MR) is 229 cm³/mol. The van der Waals surface area contributed by atoms with E-state index in [0.29, 0.717) is 0 Å². The maximum absolute atomic E-state index is 6.51. The van der Waals surface area contributed by atoms with Crippen molar-refractivity contribution in [1.82, 2.24) is 0 Å². The zero-order valence-electron chi connectivity index (χ0n) is 29.8. The molecule has 0 radical (unpaired) electrons. The zero-order chi connectivity index (χ0) is 36.3. The van der Waals surface area contributed by atoms with Gasteiger partial charge >= 0.3 is 0 Å². The molecule has 0 saturated carbocycles. The van der Waals surface area contributed by atoms with Gasteiger partial charge in [0, 0.05) is 44.4 Å². The summed E-state index contributed by atoms with van der Waals surface area (Å²) in [5, 5.41) is 6.87. The van der Waals surface area contributed by atoms with Crippen LogP contribution in [0, 0.1) is 0 Å². The van der Waals surface area contributed by atoms with Gasteiger partial charge in [-0.3, -0.25) is 0 Å². The first-order chi connectivity index (χ1) is 27.3. The fraction of sp³-hybridized carbons (Fsp3) is 0. The number of anilines is 3. The van der Waals surface area contributed by atoms with Gasteiger partial charge < -0.3 is 13.7 Å². The number of rotatable bonds is 6.